The standard InChI is InChI=1S/C13H16ClN5O/c14-11-3-1-2-10(8-11)9-19-12(15)16-13(17-19)18-4-6-20-7-5-18/h1-3,8H,4-7,9H2,(H2,15,16,17). The van der Waals surface area contributed by atoms with Gasteiger partial charge in [-0.3, -0.25) is 0 Å². The molecule has 0 radical (unpaired) electrons. The van der Waals surface area contributed by atoms with Crippen LogP contribution in [0.5, 0.6) is 0 Å². The number of halogens is 1. The number of aromatic nitrogens is 3. The van der Waals surface area contributed by atoms with Crippen molar-refractivity contribution in [1.29, 1.82) is 0 Å². The lowest BCUT2D eigenvalue weighted by Gasteiger charge is -2.25. The summed E-state index contributed by atoms with van der Waals surface area (Å²) in [5.74, 6) is 1.07. The van der Waals surface area contributed by atoms with Gasteiger partial charge in [0.05, 0.1) is 19.8 Å². The smallest absolute Gasteiger partial charge is 0.246 e. The summed E-state index contributed by atoms with van der Waals surface area (Å²) < 4.78 is 7.01. The fourth-order valence-electron chi connectivity index (χ4n) is 2.16. The lowest BCUT2D eigenvalue weighted by atomic mass is 10.2. The van der Waals surface area contributed by atoms with Crippen molar-refractivity contribution >= 4 is 23.5 Å². The summed E-state index contributed by atoms with van der Waals surface area (Å²) in [5.41, 5.74) is 6.98. The molecular weight excluding hydrogens is 278 g/mol. The van der Waals surface area contributed by atoms with Crippen molar-refractivity contribution in [3.63, 3.8) is 0 Å². The van der Waals surface area contributed by atoms with Crippen LogP contribution in [0.15, 0.2) is 24.3 Å². The first-order valence-electron chi connectivity index (χ1n) is 6.50. The molecule has 6 nitrogen and oxygen atoms in total. The summed E-state index contributed by atoms with van der Waals surface area (Å²) in [5, 5.41) is 5.17. The predicted octanol–water partition coefficient (Wildman–Crippen LogP) is 1.40. The third kappa shape index (κ3) is 2.86. The third-order valence-corrected chi connectivity index (χ3v) is 3.44. The Labute approximate surface area is 122 Å². The summed E-state index contributed by atoms with van der Waals surface area (Å²) in [6.07, 6.45) is 0. The molecular formula is C13H16ClN5O. The number of rotatable bonds is 3. The second-order valence-electron chi connectivity index (χ2n) is 4.66. The molecule has 1 fully saturated rings. The number of hydrogen-bond donors (Lipinski definition) is 1. The second kappa shape index (κ2) is 5.68. The minimum atomic E-state index is 0.409. The van der Waals surface area contributed by atoms with Crippen LogP contribution in [0.3, 0.4) is 0 Å². The molecule has 2 N–H and O–H groups in total. The Morgan fingerprint density at radius 2 is 2.10 bits per heavy atom. The molecule has 1 saturated heterocycles. The van der Waals surface area contributed by atoms with Gasteiger partial charge in [-0.05, 0) is 17.7 Å². The van der Waals surface area contributed by atoms with Crippen LogP contribution < -0.4 is 10.6 Å². The van der Waals surface area contributed by atoms with E-state index in [0.717, 1.165) is 18.7 Å². The highest BCUT2D eigenvalue weighted by Crippen LogP contribution is 2.16. The first-order valence-corrected chi connectivity index (χ1v) is 6.87. The van der Waals surface area contributed by atoms with E-state index in [1.807, 2.05) is 24.3 Å². The molecule has 0 atom stereocenters. The fourth-order valence-corrected chi connectivity index (χ4v) is 2.38. The average molecular weight is 294 g/mol. The molecule has 1 aromatic heterocycles. The molecule has 20 heavy (non-hydrogen) atoms. The van der Waals surface area contributed by atoms with Gasteiger partial charge >= 0.3 is 0 Å². The Bertz CT molecular complexity index is 594. The Balaban J connectivity index is 1.78. The van der Waals surface area contributed by atoms with Crippen molar-refractivity contribution in [2.75, 3.05) is 36.9 Å². The molecule has 0 bridgehead atoms. The molecule has 1 aromatic carbocycles. The van der Waals surface area contributed by atoms with Crippen LogP contribution in [0.1, 0.15) is 5.56 Å². The predicted molar refractivity (Wildman–Crippen MR) is 78.0 cm³/mol. The zero-order valence-corrected chi connectivity index (χ0v) is 11.8. The first-order chi connectivity index (χ1) is 9.72. The van der Waals surface area contributed by atoms with Crippen LogP contribution in [-0.2, 0) is 11.3 Å². The summed E-state index contributed by atoms with van der Waals surface area (Å²) in [7, 11) is 0. The molecule has 0 spiro atoms. The Kier molecular flexibility index (Phi) is 3.75. The highest BCUT2D eigenvalue weighted by Gasteiger charge is 2.17. The number of benzene rings is 1. The maximum atomic E-state index is 5.98. The fraction of sp³-hybridized carbons (Fsp3) is 0.385. The Hall–Kier alpha value is -1.79. The topological polar surface area (TPSA) is 69.2 Å². The molecule has 106 valence electrons. The van der Waals surface area contributed by atoms with Gasteiger partial charge in [-0.25, -0.2) is 4.68 Å². The molecule has 3 rings (SSSR count). The number of morpholine rings is 1. The maximum Gasteiger partial charge on any atom is 0.246 e. The van der Waals surface area contributed by atoms with Gasteiger partial charge < -0.3 is 15.4 Å². The van der Waals surface area contributed by atoms with E-state index in [0.29, 0.717) is 36.7 Å². The second-order valence-corrected chi connectivity index (χ2v) is 5.09. The monoisotopic (exact) mass is 293 g/mol. The molecule has 2 aromatic rings. The van der Waals surface area contributed by atoms with Crippen LogP contribution >= 0.6 is 11.6 Å². The van der Waals surface area contributed by atoms with Crippen molar-refractivity contribution in [3.8, 4) is 0 Å². The van der Waals surface area contributed by atoms with Gasteiger partial charge in [0, 0.05) is 18.1 Å². The van der Waals surface area contributed by atoms with Crippen LogP contribution in [0.25, 0.3) is 0 Å². The Morgan fingerprint density at radius 1 is 1.30 bits per heavy atom. The number of nitrogens with two attached hydrogens (primary N) is 1. The van der Waals surface area contributed by atoms with Gasteiger partial charge in [0.1, 0.15) is 0 Å². The van der Waals surface area contributed by atoms with E-state index in [1.54, 1.807) is 4.68 Å². The van der Waals surface area contributed by atoms with Crippen LogP contribution in [-0.4, -0.2) is 41.1 Å². The summed E-state index contributed by atoms with van der Waals surface area (Å²) in [6, 6.07) is 7.64. The number of nitrogens with zero attached hydrogens (tertiary/aromatic N) is 4. The van der Waals surface area contributed by atoms with Gasteiger partial charge in [-0.1, -0.05) is 23.7 Å². The molecule has 1 aliphatic heterocycles. The summed E-state index contributed by atoms with van der Waals surface area (Å²) in [6.45, 7) is 3.54. The Morgan fingerprint density at radius 3 is 2.85 bits per heavy atom. The van der Waals surface area contributed by atoms with Gasteiger partial charge in [0.25, 0.3) is 0 Å². The van der Waals surface area contributed by atoms with Crippen molar-refractivity contribution in [2.45, 2.75) is 6.54 Å². The first kappa shape index (κ1) is 13.2. The van der Waals surface area contributed by atoms with E-state index >= 15 is 0 Å². The largest absolute Gasteiger partial charge is 0.378 e. The molecule has 0 saturated carbocycles. The number of nitrogen functional groups attached to an aromatic ring is 1. The SMILES string of the molecule is Nc1nc(N2CCOCC2)nn1Cc1cccc(Cl)c1. The number of hydrogen-bond acceptors (Lipinski definition) is 5. The number of ether oxygens (including phenoxy) is 1. The lowest BCUT2D eigenvalue weighted by molar-refractivity contribution is 0.122. The highest BCUT2D eigenvalue weighted by molar-refractivity contribution is 6.30. The highest BCUT2D eigenvalue weighted by atomic mass is 35.5. The van der Waals surface area contributed by atoms with Gasteiger partial charge in [0.15, 0.2) is 0 Å². The lowest BCUT2D eigenvalue weighted by Crippen LogP contribution is -2.37. The van der Waals surface area contributed by atoms with Gasteiger partial charge in [-0.15, -0.1) is 5.10 Å². The van der Waals surface area contributed by atoms with Crippen molar-refractivity contribution in [3.05, 3.63) is 34.9 Å². The van der Waals surface area contributed by atoms with Crippen LogP contribution in [0.4, 0.5) is 11.9 Å². The maximum absolute atomic E-state index is 5.98. The van der Waals surface area contributed by atoms with E-state index in [9.17, 15) is 0 Å². The summed E-state index contributed by atoms with van der Waals surface area (Å²) in [4.78, 5) is 6.40. The molecule has 7 heteroatoms. The van der Waals surface area contributed by atoms with E-state index < -0.39 is 0 Å². The minimum Gasteiger partial charge on any atom is -0.378 e. The van der Waals surface area contributed by atoms with E-state index in [4.69, 9.17) is 22.1 Å². The van der Waals surface area contributed by atoms with Crippen molar-refractivity contribution in [2.24, 2.45) is 0 Å². The minimum absolute atomic E-state index is 0.409. The van der Waals surface area contributed by atoms with Crippen LogP contribution in [0.2, 0.25) is 5.02 Å². The number of anilines is 2. The van der Waals surface area contributed by atoms with Crippen molar-refractivity contribution in [1.82, 2.24) is 14.8 Å². The normalized spacial score (nSPS) is 15.6. The molecule has 0 amide bonds. The molecule has 0 unspecified atom stereocenters. The third-order valence-electron chi connectivity index (χ3n) is 3.20. The molecule has 1 aliphatic rings. The van der Waals surface area contributed by atoms with Crippen molar-refractivity contribution < 1.29 is 4.74 Å². The van der Waals surface area contributed by atoms with Gasteiger partial charge in [-0.2, -0.15) is 4.98 Å². The van der Waals surface area contributed by atoms with Gasteiger partial charge in [0.2, 0.25) is 11.9 Å². The van der Waals surface area contributed by atoms with Crippen LogP contribution in [0, 0.1) is 0 Å². The molecule has 0 aliphatic carbocycles. The quantitative estimate of drug-likeness (QED) is 0.926. The zero-order valence-electron chi connectivity index (χ0n) is 11.0. The average Bonchev–Trinajstić information content (AvgIpc) is 2.81. The zero-order chi connectivity index (χ0) is 13.9. The van der Waals surface area contributed by atoms with E-state index in [-0.39, 0.29) is 0 Å². The summed E-state index contributed by atoms with van der Waals surface area (Å²) >= 11 is 5.98. The molecule has 2 heterocycles. The van der Waals surface area contributed by atoms with E-state index in [2.05, 4.69) is 15.0 Å². The van der Waals surface area contributed by atoms with E-state index in [1.165, 1.54) is 0 Å².